The van der Waals surface area contributed by atoms with E-state index in [9.17, 15) is 4.79 Å². The lowest BCUT2D eigenvalue weighted by Gasteiger charge is -2.28. The van der Waals surface area contributed by atoms with Gasteiger partial charge >= 0.3 is 0 Å². The average Bonchev–Trinajstić information content (AvgIpc) is 2.73. The van der Waals surface area contributed by atoms with Gasteiger partial charge in [-0.05, 0) is 44.9 Å². The van der Waals surface area contributed by atoms with Crippen LogP contribution in [0.3, 0.4) is 0 Å². The van der Waals surface area contributed by atoms with E-state index in [0.29, 0.717) is 6.04 Å². The molecule has 0 N–H and O–H groups in total. The first-order chi connectivity index (χ1) is 9.63. The summed E-state index contributed by atoms with van der Waals surface area (Å²) in [5, 5.41) is 4.11. The van der Waals surface area contributed by atoms with Crippen molar-refractivity contribution in [3.63, 3.8) is 0 Å². The van der Waals surface area contributed by atoms with Crippen LogP contribution in [0.4, 0.5) is 0 Å². The second kappa shape index (κ2) is 7.13. The number of carbonyl (C=O) groups excluding carboxylic acids is 1. The Morgan fingerprint density at radius 1 is 1.45 bits per heavy atom. The molecule has 0 aliphatic carbocycles. The van der Waals surface area contributed by atoms with Gasteiger partial charge in [-0.3, -0.25) is 4.79 Å². The summed E-state index contributed by atoms with van der Waals surface area (Å²) >= 11 is 1.24. The molecule has 6 heteroatoms. The second-order valence-electron chi connectivity index (χ2n) is 5.66. The van der Waals surface area contributed by atoms with Gasteiger partial charge in [0.05, 0.1) is 5.69 Å². The lowest BCUT2D eigenvalue weighted by molar-refractivity contribution is 0.0729. The van der Waals surface area contributed by atoms with Crippen molar-refractivity contribution in [1.29, 1.82) is 0 Å². The molecule has 1 saturated heterocycles. The number of aromatic nitrogens is 2. The fraction of sp³-hybridized carbons (Fsp3) is 0.786. The molecule has 1 aromatic rings. The van der Waals surface area contributed by atoms with Crippen molar-refractivity contribution in [2.24, 2.45) is 0 Å². The van der Waals surface area contributed by atoms with Crippen LogP contribution in [0.25, 0.3) is 0 Å². The van der Waals surface area contributed by atoms with Gasteiger partial charge < -0.3 is 9.80 Å². The molecular formula is C14H24N4OS. The molecule has 1 unspecified atom stereocenters. The van der Waals surface area contributed by atoms with Gasteiger partial charge in [0.1, 0.15) is 4.88 Å². The van der Waals surface area contributed by atoms with Crippen LogP contribution in [0.15, 0.2) is 0 Å². The van der Waals surface area contributed by atoms with Gasteiger partial charge in [0.2, 0.25) is 0 Å². The zero-order valence-electron chi connectivity index (χ0n) is 12.6. The molecule has 1 fully saturated rings. The minimum atomic E-state index is 0.122. The van der Waals surface area contributed by atoms with Crippen LogP contribution >= 0.6 is 11.5 Å². The van der Waals surface area contributed by atoms with Gasteiger partial charge in [0.15, 0.2) is 0 Å². The van der Waals surface area contributed by atoms with Crippen LogP contribution < -0.4 is 0 Å². The number of rotatable bonds is 4. The normalized spacial score (nSPS) is 20.2. The summed E-state index contributed by atoms with van der Waals surface area (Å²) in [6.07, 6.45) is 5.27. The summed E-state index contributed by atoms with van der Waals surface area (Å²) in [6.45, 7) is 3.77. The highest BCUT2D eigenvalue weighted by Crippen LogP contribution is 2.20. The van der Waals surface area contributed by atoms with Gasteiger partial charge in [0, 0.05) is 19.1 Å². The van der Waals surface area contributed by atoms with E-state index in [4.69, 9.17) is 0 Å². The van der Waals surface area contributed by atoms with E-state index in [1.54, 1.807) is 0 Å². The number of aryl methyl sites for hydroxylation is 1. The molecule has 1 aliphatic heterocycles. The number of nitrogens with zero attached hydrogens (tertiary/aromatic N) is 4. The molecule has 0 radical (unpaired) electrons. The lowest BCUT2D eigenvalue weighted by atomic mass is 10.1. The Balaban J connectivity index is 2.12. The summed E-state index contributed by atoms with van der Waals surface area (Å²) in [5.74, 6) is 0.122. The summed E-state index contributed by atoms with van der Waals surface area (Å²) < 4.78 is 3.97. The van der Waals surface area contributed by atoms with Crippen molar-refractivity contribution in [3.8, 4) is 0 Å². The van der Waals surface area contributed by atoms with E-state index >= 15 is 0 Å². The number of likely N-dealkylation sites (tertiary alicyclic amines) is 1. The van der Waals surface area contributed by atoms with Crippen molar-refractivity contribution < 1.29 is 4.79 Å². The number of likely N-dealkylation sites (N-methyl/N-ethyl adjacent to an activating group) is 1. The highest BCUT2D eigenvalue weighted by molar-refractivity contribution is 7.08. The minimum absolute atomic E-state index is 0.122. The van der Waals surface area contributed by atoms with Crippen LogP contribution in [0.5, 0.6) is 0 Å². The van der Waals surface area contributed by atoms with Gasteiger partial charge in [-0.25, -0.2) is 0 Å². The maximum Gasteiger partial charge on any atom is 0.267 e. The third-order valence-corrected chi connectivity index (χ3v) is 4.66. The van der Waals surface area contributed by atoms with Crippen molar-refractivity contribution in [2.45, 2.75) is 45.1 Å². The van der Waals surface area contributed by atoms with Crippen LogP contribution in [0.2, 0.25) is 0 Å². The van der Waals surface area contributed by atoms with Crippen LogP contribution in [0, 0.1) is 0 Å². The smallest absolute Gasteiger partial charge is 0.267 e. The van der Waals surface area contributed by atoms with Crippen LogP contribution in [-0.2, 0) is 6.42 Å². The Bertz CT molecular complexity index is 446. The highest BCUT2D eigenvalue weighted by Gasteiger charge is 2.26. The molecule has 1 aliphatic rings. The minimum Gasteiger partial charge on any atom is -0.336 e. The summed E-state index contributed by atoms with van der Waals surface area (Å²) in [6, 6.07) is 0.456. The second-order valence-corrected chi connectivity index (χ2v) is 6.42. The monoisotopic (exact) mass is 296 g/mol. The van der Waals surface area contributed by atoms with Gasteiger partial charge in [-0.1, -0.05) is 24.3 Å². The van der Waals surface area contributed by atoms with Crippen LogP contribution in [-0.4, -0.2) is 58.5 Å². The molecule has 0 aromatic carbocycles. The maximum absolute atomic E-state index is 12.7. The lowest BCUT2D eigenvalue weighted by Crippen LogP contribution is -2.41. The Morgan fingerprint density at radius 2 is 2.25 bits per heavy atom. The van der Waals surface area contributed by atoms with E-state index in [-0.39, 0.29) is 5.91 Å². The Labute approximate surface area is 125 Å². The zero-order valence-corrected chi connectivity index (χ0v) is 13.4. The average molecular weight is 296 g/mol. The number of hydrogen-bond acceptors (Lipinski definition) is 5. The molecule has 20 heavy (non-hydrogen) atoms. The predicted octanol–water partition coefficient (Wildman–Crippen LogP) is 2.05. The molecule has 0 saturated carbocycles. The molecule has 0 bridgehead atoms. The summed E-state index contributed by atoms with van der Waals surface area (Å²) in [4.78, 5) is 17.7. The Kier molecular flexibility index (Phi) is 5.48. The van der Waals surface area contributed by atoms with Gasteiger partial charge in [0.25, 0.3) is 5.91 Å². The largest absolute Gasteiger partial charge is 0.336 e. The first kappa shape index (κ1) is 15.4. The van der Waals surface area contributed by atoms with Crippen molar-refractivity contribution in [3.05, 3.63) is 10.6 Å². The molecule has 1 amide bonds. The fourth-order valence-electron chi connectivity index (χ4n) is 2.64. The molecule has 2 heterocycles. The van der Waals surface area contributed by atoms with E-state index in [1.807, 2.05) is 4.90 Å². The Morgan fingerprint density at radius 3 is 2.95 bits per heavy atom. The van der Waals surface area contributed by atoms with E-state index in [1.165, 1.54) is 24.4 Å². The third-order valence-electron chi connectivity index (χ3n) is 3.90. The predicted molar refractivity (Wildman–Crippen MR) is 81.1 cm³/mol. The van der Waals surface area contributed by atoms with E-state index in [0.717, 1.165) is 42.9 Å². The molecular weight excluding hydrogens is 272 g/mol. The molecule has 0 spiro atoms. The van der Waals surface area contributed by atoms with Crippen LogP contribution in [0.1, 0.15) is 48.0 Å². The van der Waals surface area contributed by atoms with E-state index in [2.05, 4.69) is 35.5 Å². The molecule has 1 atom stereocenters. The Hall–Kier alpha value is -1.01. The number of carbonyl (C=O) groups is 1. The molecule has 5 nitrogen and oxygen atoms in total. The molecule has 2 rings (SSSR count). The topological polar surface area (TPSA) is 49.3 Å². The van der Waals surface area contributed by atoms with Gasteiger partial charge in [-0.2, -0.15) is 0 Å². The van der Waals surface area contributed by atoms with Gasteiger partial charge in [-0.15, -0.1) is 5.10 Å². The number of amides is 1. The zero-order chi connectivity index (χ0) is 14.5. The first-order valence-corrected chi connectivity index (χ1v) is 8.17. The van der Waals surface area contributed by atoms with Crippen molar-refractivity contribution >= 4 is 17.4 Å². The standard InChI is InChI=1S/C14H24N4OS/c1-4-7-12-13(20-16-15-12)14(19)18-9-6-5-8-11(10-18)17(2)3/h11H,4-10H2,1-3H3. The molecule has 112 valence electrons. The van der Waals surface area contributed by atoms with E-state index < -0.39 is 0 Å². The van der Waals surface area contributed by atoms with Crippen molar-refractivity contribution in [1.82, 2.24) is 19.4 Å². The first-order valence-electron chi connectivity index (χ1n) is 7.40. The SMILES string of the molecule is CCCc1nnsc1C(=O)N1CCCCC(N(C)C)C1. The van der Waals surface area contributed by atoms with Crippen molar-refractivity contribution in [2.75, 3.05) is 27.2 Å². The maximum atomic E-state index is 12.7. The quantitative estimate of drug-likeness (QED) is 0.853. The fourth-order valence-corrected chi connectivity index (χ4v) is 3.32. The molecule has 1 aromatic heterocycles. The summed E-state index contributed by atoms with van der Waals surface area (Å²) in [7, 11) is 4.19. The third kappa shape index (κ3) is 3.55. The number of hydrogen-bond donors (Lipinski definition) is 0. The summed E-state index contributed by atoms with van der Waals surface area (Å²) in [5.41, 5.74) is 0.869. The highest BCUT2D eigenvalue weighted by atomic mass is 32.1.